The van der Waals surface area contributed by atoms with Crippen LogP contribution in [0.25, 0.3) is 0 Å². The van der Waals surface area contributed by atoms with Gasteiger partial charge >= 0.3 is 0 Å². The molecule has 0 amide bonds. The third-order valence-corrected chi connectivity index (χ3v) is 3.78. The summed E-state index contributed by atoms with van der Waals surface area (Å²) in [6, 6.07) is 14.8. The average Bonchev–Trinajstić information content (AvgIpc) is 2.62. The molecule has 0 spiro atoms. The lowest BCUT2D eigenvalue weighted by Crippen LogP contribution is -2.36. The van der Waals surface area contributed by atoms with Crippen molar-refractivity contribution in [2.75, 3.05) is 7.05 Å². The summed E-state index contributed by atoms with van der Waals surface area (Å²) in [4.78, 5) is 14.5. The highest BCUT2D eigenvalue weighted by Crippen LogP contribution is 2.12. The summed E-state index contributed by atoms with van der Waals surface area (Å²) in [7, 11) is 1.72. The molecule has 0 heterocycles. The van der Waals surface area contributed by atoms with Crippen molar-refractivity contribution in [3.63, 3.8) is 0 Å². The first kappa shape index (κ1) is 17.5. The number of non-ortho nitro benzene ring substituents is 1. The van der Waals surface area contributed by atoms with Gasteiger partial charge < -0.3 is 10.6 Å². The summed E-state index contributed by atoms with van der Waals surface area (Å²) < 4.78 is 0. The number of rotatable bonds is 6. The van der Waals surface area contributed by atoms with Gasteiger partial charge in [0.25, 0.3) is 5.69 Å². The summed E-state index contributed by atoms with van der Waals surface area (Å²) in [6.45, 7) is 3.39. The molecule has 2 rings (SSSR count). The van der Waals surface area contributed by atoms with Crippen LogP contribution in [0.1, 0.15) is 23.6 Å². The van der Waals surface area contributed by atoms with Gasteiger partial charge in [-0.25, -0.2) is 0 Å². The van der Waals surface area contributed by atoms with E-state index in [4.69, 9.17) is 0 Å². The molecule has 0 aliphatic rings. The molecule has 0 unspecified atom stereocenters. The molecule has 6 nitrogen and oxygen atoms in total. The Morgan fingerprint density at radius 1 is 1.04 bits per heavy atom. The van der Waals surface area contributed by atoms with Gasteiger partial charge in [0.1, 0.15) is 0 Å². The Labute approximate surface area is 141 Å². The smallest absolute Gasteiger partial charge is 0.269 e. The molecular weight excluding hydrogens is 304 g/mol. The second-order valence-electron chi connectivity index (χ2n) is 5.33. The minimum absolute atomic E-state index is 0.0948. The number of nitrogens with one attached hydrogen (secondary N) is 2. The predicted molar refractivity (Wildman–Crippen MR) is 96.0 cm³/mol. The highest BCUT2D eigenvalue weighted by molar-refractivity contribution is 5.79. The molecule has 0 aliphatic heterocycles. The summed E-state index contributed by atoms with van der Waals surface area (Å²) in [5.41, 5.74) is 3.61. The van der Waals surface area contributed by atoms with Crippen LogP contribution in [0.5, 0.6) is 0 Å². The Morgan fingerprint density at radius 2 is 1.67 bits per heavy atom. The Hall–Kier alpha value is -2.89. The zero-order valence-electron chi connectivity index (χ0n) is 14.0. The number of hydrogen-bond donors (Lipinski definition) is 2. The highest BCUT2D eigenvalue weighted by atomic mass is 16.6. The van der Waals surface area contributed by atoms with E-state index in [-0.39, 0.29) is 5.69 Å². The van der Waals surface area contributed by atoms with Gasteiger partial charge in [-0.1, -0.05) is 43.3 Å². The van der Waals surface area contributed by atoms with Crippen molar-refractivity contribution in [3.8, 4) is 0 Å². The van der Waals surface area contributed by atoms with Gasteiger partial charge in [-0.15, -0.1) is 0 Å². The van der Waals surface area contributed by atoms with E-state index in [1.54, 1.807) is 19.2 Å². The van der Waals surface area contributed by atoms with Gasteiger partial charge in [0, 0.05) is 32.3 Å². The fraction of sp³-hybridized carbons (Fsp3) is 0.278. The number of guanidine groups is 1. The first-order valence-corrected chi connectivity index (χ1v) is 7.88. The van der Waals surface area contributed by atoms with Crippen LogP contribution in [-0.2, 0) is 19.5 Å². The average molecular weight is 326 g/mol. The lowest BCUT2D eigenvalue weighted by Gasteiger charge is -2.13. The third kappa shape index (κ3) is 4.81. The fourth-order valence-corrected chi connectivity index (χ4v) is 2.40. The number of nitro groups is 1. The number of aryl methyl sites for hydroxylation is 1. The molecular formula is C18H22N4O2. The van der Waals surface area contributed by atoms with Crippen LogP contribution >= 0.6 is 0 Å². The summed E-state index contributed by atoms with van der Waals surface area (Å²) in [5, 5.41) is 17.2. The van der Waals surface area contributed by atoms with Crippen LogP contribution in [0.4, 0.5) is 5.69 Å². The zero-order valence-corrected chi connectivity index (χ0v) is 14.0. The first-order chi connectivity index (χ1) is 11.6. The molecule has 0 saturated heterocycles. The van der Waals surface area contributed by atoms with E-state index in [1.807, 2.05) is 12.1 Å². The maximum Gasteiger partial charge on any atom is 0.269 e. The number of aliphatic imine (C=N–C) groups is 1. The molecule has 0 atom stereocenters. The molecule has 0 radical (unpaired) electrons. The van der Waals surface area contributed by atoms with Crippen molar-refractivity contribution in [2.24, 2.45) is 4.99 Å². The van der Waals surface area contributed by atoms with Crippen LogP contribution in [0.3, 0.4) is 0 Å². The molecule has 0 bridgehead atoms. The summed E-state index contributed by atoms with van der Waals surface area (Å²) in [5.74, 6) is 0.694. The van der Waals surface area contributed by atoms with Crippen LogP contribution in [0, 0.1) is 10.1 Å². The van der Waals surface area contributed by atoms with Gasteiger partial charge in [-0.2, -0.15) is 0 Å². The minimum atomic E-state index is -0.400. The van der Waals surface area contributed by atoms with Gasteiger partial charge in [-0.05, 0) is 23.1 Å². The Morgan fingerprint density at radius 3 is 2.25 bits per heavy atom. The SMILES string of the molecule is CCc1ccccc1CNC(=NC)NCc1ccc([N+](=O)[O-])cc1. The molecule has 24 heavy (non-hydrogen) atoms. The molecule has 2 aromatic carbocycles. The van der Waals surface area contributed by atoms with Crippen molar-refractivity contribution < 1.29 is 4.92 Å². The van der Waals surface area contributed by atoms with Crippen LogP contribution in [-0.4, -0.2) is 17.9 Å². The fourth-order valence-electron chi connectivity index (χ4n) is 2.40. The van der Waals surface area contributed by atoms with Crippen molar-refractivity contribution in [3.05, 3.63) is 75.3 Å². The maximum absolute atomic E-state index is 10.7. The summed E-state index contributed by atoms with van der Waals surface area (Å²) >= 11 is 0. The Balaban J connectivity index is 1.89. The lowest BCUT2D eigenvalue weighted by atomic mass is 10.1. The second-order valence-corrected chi connectivity index (χ2v) is 5.33. The molecule has 2 aromatic rings. The van der Waals surface area contributed by atoms with Crippen molar-refractivity contribution in [2.45, 2.75) is 26.4 Å². The quantitative estimate of drug-likeness (QED) is 0.370. The monoisotopic (exact) mass is 326 g/mol. The minimum Gasteiger partial charge on any atom is -0.352 e. The van der Waals surface area contributed by atoms with E-state index < -0.39 is 4.92 Å². The van der Waals surface area contributed by atoms with Gasteiger partial charge in [0.05, 0.1) is 4.92 Å². The van der Waals surface area contributed by atoms with E-state index in [0.717, 1.165) is 12.0 Å². The Kier molecular flexibility index (Phi) is 6.31. The van der Waals surface area contributed by atoms with Crippen molar-refractivity contribution in [1.29, 1.82) is 0 Å². The molecule has 126 valence electrons. The molecule has 0 fully saturated rings. The van der Waals surface area contributed by atoms with Gasteiger partial charge in [-0.3, -0.25) is 15.1 Å². The van der Waals surface area contributed by atoms with Gasteiger partial charge in [0.2, 0.25) is 0 Å². The van der Waals surface area contributed by atoms with Crippen LogP contribution in [0.2, 0.25) is 0 Å². The second kappa shape index (κ2) is 8.67. The lowest BCUT2D eigenvalue weighted by molar-refractivity contribution is -0.384. The first-order valence-electron chi connectivity index (χ1n) is 7.88. The molecule has 0 aliphatic carbocycles. The maximum atomic E-state index is 10.7. The number of nitro benzene ring substituents is 1. The van der Waals surface area contributed by atoms with Crippen molar-refractivity contribution >= 4 is 11.6 Å². The number of nitrogens with zero attached hydrogens (tertiary/aromatic N) is 2. The standard InChI is InChI=1S/C18H22N4O2/c1-3-15-6-4-5-7-16(15)13-21-18(19-2)20-12-14-8-10-17(11-9-14)22(23)24/h4-11H,3,12-13H2,1-2H3,(H2,19,20,21). The summed E-state index contributed by atoms with van der Waals surface area (Å²) in [6.07, 6.45) is 0.993. The number of hydrogen-bond acceptors (Lipinski definition) is 3. The van der Waals surface area contributed by atoms with Crippen LogP contribution in [0.15, 0.2) is 53.5 Å². The zero-order chi connectivity index (χ0) is 17.4. The van der Waals surface area contributed by atoms with E-state index >= 15 is 0 Å². The van der Waals surface area contributed by atoms with E-state index in [2.05, 4.69) is 34.7 Å². The molecule has 6 heteroatoms. The molecule has 2 N–H and O–H groups in total. The number of benzene rings is 2. The van der Waals surface area contributed by atoms with Crippen molar-refractivity contribution in [1.82, 2.24) is 10.6 Å². The highest BCUT2D eigenvalue weighted by Gasteiger charge is 2.05. The topological polar surface area (TPSA) is 79.6 Å². The third-order valence-electron chi connectivity index (χ3n) is 3.78. The normalized spacial score (nSPS) is 11.2. The van der Waals surface area contributed by atoms with E-state index in [0.29, 0.717) is 19.0 Å². The van der Waals surface area contributed by atoms with E-state index in [1.165, 1.54) is 23.3 Å². The largest absolute Gasteiger partial charge is 0.352 e. The predicted octanol–water partition coefficient (Wildman–Crippen LogP) is 3.02. The van der Waals surface area contributed by atoms with E-state index in [9.17, 15) is 10.1 Å². The van der Waals surface area contributed by atoms with Gasteiger partial charge in [0.15, 0.2) is 5.96 Å². The molecule has 0 saturated carbocycles. The Bertz CT molecular complexity index is 711. The van der Waals surface area contributed by atoms with Crippen LogP contribution < -0.4 is 10.6 Å². The molecule has 0 aromatic heterocycles.